The van der Waals surface area contributed by atoms with Gasteiger partial charge in [0.25, 0.3) is 6.43 Å². The van der Waals surface area contributed by atoms with E-state index in [-0.39, 0.29) is 30.6 Å². The highest BCUT2D eigenvalue weighted by atomic mass is 19.3. The molecule has 0 aromatic heterocycles. The Kier molecular flexibility index (Phi) is 5.25. The van der Waals surface area contributed by atoms with E-state index in [9.17, 15) is 13.6 Å². The zero-order valence-corrected chi connectivity index (χ0v) is 9.95. The van der Waals surface area contributed by atoms with Crippen LogP contribution in [0, 0.1) is 11.3 Å². The zero-order valence-electron chi connectivity index (χ0n) is 9.95. The molecule has 18 heavy (non-hydrogen) atoms. The van der Waals surface area contributed by atoms with Gasteiger partial charge in [-0.25, -0.2) is 13.6 Å². The van der Waals surface area contributed by atoms with E-state index in [1.807, 2.05) is 6.07 Å². The van der Waals surface area contributed by atoms with Gasteiger partial charge in [-0.3, -0.25) is 0 Å². The van der Waals surface area contributed by atoms with Crippen LogP contribution in [0.1, 0.15) is 41.3 Å². The van der Waals surface area contributed by atoms with Gasteiger partial charge < -0.3 is 4.74 Å². The van der Waals surface area contributed by atoms with Crippen molar-refractivity contribution < 1.29 is 18.3 Å². The van der Waals surface area contributed by atoms with Gasteiger partial charge in [0, 0.05) is 12.0 Å². The second kappa shape index (κ2) is 6.70. The molecule has 0 aliphatic carbocycles. The predicted octanol–water partition coefficient (Wildman–Crippen LogP) is 3.26. The molecule has 0 fully saturated rings. The Morgan fingerprint density at radius 2 is 2.22 bits per heavy atom. The first kappa shape index (κ1) is 14.1. The second-order valence-corrected chi connectivity index (χ2v) is 3.56. The van der Waals surface area contributed by atoms with Crippen molar-refractivity contribution in [2.24, 2.45) is 0 Å². The van der Waals surface area contributed by atoms with Crippen LogP contribution in [0.3, 0.4) is 0 Å². The number of rotatable bonds is 5. The van der Waals surface area contributed by atoms with Crippen LogP contribution in [0.4, 0.5) is 8.78 Å². The largest absolute Gasteiger partial charge is 0.462 e. The number of alkyl halides is 2. The fraction of sp³-hybridized carbons (Fsp3) is 0.385. The lowest BCUT2D eigenvalue weighted by molar-refractivity contribution is 0.0514. The van der Waals surface area contributed by atoms with Gasteiger partial charge >= 0.3 is 5.97 Å². The molecule has 0 unspecified atom stereocenters. The summed E-state index contributed by atoms with van der Waals surface area (Å²) < 4.78 is 30.5. The summed E-state index contributed by atoms with van der Waals surface area (Å²) in [5.41, 5.74) is -0.0266. The molecular weight excluding hydrogens is 240 g/mol. The average Bonchev–Trinajstić information content (AvgIpc) is 2.35. The summed E-state index contributed by atoms with van der Waals surface area (Å²) in [7, 11) is 0. The molecule has 0 N–H and O–H groups in total. The number of halogens is 2. The molecule has 0 spiro atoms. The van der Waals surface area contributed by atoms with E-state index in [1.54, 1.807) is 13.0 Å². The fourth-order valence-electron chi connectivity index (χ4n) is 1.65. The van der Waals surface area contributed by atoms with Gasteiger partial charge in [-0.05, 0) is 18.9 Å². The molecule has 96 valence electrons. The molecule has 5 heteroatoms. The Bertz CT molecular complexity index is 467. The molecule has 0 saturated heterocycles. The molecule has 1 aromatic carbocycles. The Morgan fingerprint density at radius 3 is 2.78 bits per heavy atom. The lowest BCUT2D eigenvalue weighted by Crippen LogP contribution is -2.12. The number of esters is 1. The van der Waals surface area contributed by atoms with E-state index < -0.39 is 12.4 Å². The Hall–Kier alpha value is -1.96. The van der Waals surface area contributed by atoms with Crippen LogP contribution in [-0.2, 0) is 11.2 Å². The zero-order chi connectivity index (χ0) is 13.5. The summed E-state index contributed by atoms with van der Waals surface area (Å²) >= 11 is 0. The minimum absolute atomic E-state index is 0.107. The molecule has 1 rings (SSSR count). The van der Waals surface area contributed by atoms with Crippen LogP contribution in [0.15, 0.2) is 18.2 Å². The number of carbonyl (C=O) groups is 1. The minimum atomic E-state index is -2.74. The number of hydrogen-bond donors (Lipinski definition) is 0. The van der Waals surface area contributed by atoms with E-state index in [1.165, 1.54) is 12.1 Å². The van der Waals surface area contributed by atoms with Crippen LogP contribution in [0.5, 0.6) is 0 Å². The lowest BCUT2D eigenvalue weighted by Gasteiger charge is -2.12. The van der Waals surface area contributed by atoms with Crippen LogP contribution in [0.25, 0.3) is 0 Å². The van der Waals surface area contributed by atoms with Crippen molar-refractivity contribution >= 4 is 5.97 Å². The summed E-state index contributed by atoms with van der Waals surface area (Å²) in [6.07, 6.45) is -2.32. The minimum Gasteiger partial charge on any atom is -0.462 e. The predicted molar refractivity (Wildman–Crippen MR) is 61.3 cm³/mol. The first-order valence-electron chi connectivity index (χ1n) is 5.55. The van der Waals surface area contributed by atoms with Crippen LogP contribution < -0.4 is 0 Å². The number of carbonyl (C=O) groups excluding carboxylic acids is 1. The van der Waals surface area contributed by atoms with E-state index in [0.29, 0.717) is 5.56 Å². The third-order valence-corrected chi connectivity index (χ3v) is 2.40. The van der Waals surface area contributed by atoms with E-state index in [0.717, 1.165) is 0 Å². The Balaban J connectivity index is 3.21. The summed E-state index contributed by atoms with van der Waals surface area (Å²) in [4.78, 5) is 11.7. The topological polar surface area (TPSA) is 50.1 Å². The molecule has 0 saturated carbocycles. The first-order valence-corrected chi connectivity index (χ1v) is 5.55. The van der Waals surface area contributed by atoms with Crippen LogP contribution in [-0.4, -0.2) is 12.6 Å². The van der Waals surface area contributed by atoms with Crippen molar-refractivity contribution in [1.29, 1.82) is 5.26 Å². The van der Waals surface area contributed by atoms with Crippen LogP contribution in [0.2, 0.25) is 0 Å². The summed E-state index contributed by atoms with van der Waals surface area (Å²) in [5.74, 6) is -0.763. The maximum atomic E-state index is 12.9. The lowest BCUT2D eigenvalue weighted by atomic mass is 9.98. The molecule has 0 radical (unpaired) electrons. The molecular formula is C13H13F2NO2. The van der Waals surface area contributed by atoms with Gasteiger partial charge in [-0.2, -0.15) is 5.26 Å². The number of aryl methyl sites for hydroxylation is 1. The highest BCUT2D eigenvalue weighted by Gasteiger charge is 2.22. The van der Waals surface area contributed by atoms with E-state index in [4.69, 9.17) is 10.00 Å². The molecule has 0 aliphatic rings. The van der Waals surface area contributed by atoms with E-state index in [2.05, 4.69) is 0 Å². The Labute approximate surface area is 104 Å². The highest BCUT2D eigenvalue weighted by Crippen LogP contribution is 2.27. The molecule has 0 atom stereocenters. The van der Waals surface area contributed by atoms with Gasteiger partial charge in [-0.1, -0.05) is 18.2 Å². The molecule has 1 aromatic rings. The Morgan fingerprint density at radius 1 is 1.50 bits per heavy atom. The quantitative estimate of drug-likeness (QED) is 0.757. The monoisotopic (exact) mass is 253 g/mol. The number of benzene rings is 1. The van der Waals surface area contributed by atoms with Crippen molar-refractivity contribution in [3.63, 3.8) is 0 Å². The van der Waals surface area contributed by atoms with Crippen molar-refractivity contribution in [2.45, 2.75) is 26.2 Å². The van der Waals surface area contributed by atoms with Crippen molar-refractivity contribution in [2.75, 3.05) is 6.61 Å². The maximum absolute atomic E-state index is 12.9. The smallest absolute Gasteiger partial charge is 0.338 e. The first-order chi connectivity index (χ1) is 8.61. The van der Waals surface area contributed by atoms with Gasteiger partial charge in [0.15, 0.2) is 0 Å². The third kappa shape index (κ3) is 3.27. The number of nitrogens with zero attached hydrogens (tertiary/aromatic N) is 1. The van der Waals surface area contributed by atoms with Crippen molar-refractivity contribution in [3.8, 4) is 6.07 Å². The van der Waals surface area contributed by atoms with Gasteiger partial charge in [0.2, 0.25) is 0 Å². The van der Waals surface area contributed by atoms with Gasteiger partial charge in [0.1, 0.15) is 0 Å². The van der Waals surface area contributed by atoms with Gasteiger partial charge in [-0.15, -0.1) is 0 Å². The van der Waals surface area contributed by atoms with Gasteiger partial charge in [0.05, 0.1) is 18.2 Å². The number of ether oxygens (including phenoxy) is 1. The second-order valence-electron chi connectivity index (χ2n) is 3.56. The standard InChI is InChI=1S/C13H13F2NO2/c1-2-18-13(17)11-9(6-4-8-16)5-3-7-10(11)12(14)15/h3,5,7,12H,2,4,6H2,1H3. The summed E-state index contributed by atoms with van der Waals surface area (Å²) in [6.45, 7) is 1.73. The molecule has 0 aliphatic heterocycles. The van der Waals surface area contributed by atoms with E-state index >= 15 is 0 Å². The highest BCUT2D eigenvalue weighted by molar-refractivity contribution is 5.93. The van der Waals surface area contributed by atoms with Crippen LogP contribution >= 0.6 is 0 Å². The molecule has 0 amide bonds. The maximum Gasteiger partial charge on any atom is 0.338 e. The molecule has 3 nitrogen and oxygen atoms in total. The number of hydrogen-bond acceptors (Lipinski definition) is 3. The summed E-state index contributed by atoms with van der Waals surface area (Å²) in [6, 6.07) is 6.14. The summed E-state index contributed by atoms with van der Waals surface area (Å²) in [5, 5.41) is 8.52. The van der Waals surface area contributed by atoms with Crippen molar-refractivity contribution in [1.82, 2.24) is 0 Å². The average molecular weight is 253 g/mol. The van der Waals surface area contributed by atoms with Crippen molar-refractivity contribution in [3.05, 3.63) is 34.9 Å². The fourth-order valence-corrected chi connectivity index (χ4v) is 1.65. The third-order valence-electron chi connectivity index (χ3n) is 2.40. The number of nitriles is 1. The molecule has 0 heterocycles. The molecule has 0 bridgehead atoms. The normalized spacial score (nSPS) is 10.2. The SMILES string of the molecule is CCOC(=O)c1c(CCC#N)cccc1C(F)F.